The van der Waals surface area contributed by atoms with Crippen molar-refractivity contribution in [3.63, 3.8) is 0 Å². The fourth-order valence-electron chi connectivity index (χ4n) is 5.20. The van der Waals surface area contributed by atoms with E-state index in [-0.39, 0.29) is 50.0 Å². The molecule has 38 heavy (non-hydrogen) atoms. The molecule has 0 saturated carbocycles. The Balaban J connectivity index is 1.60. The van der Waals surface area contributed by atoms with Gasteiger partial charge in [0.2, 0.25) is 5.91 Å². The minimum Gasteiger partial charge on any atom is -0.442 e. The Hall–Kier alpha value is -2.79. The minimum atomic E-state index is -3.62. The molecule has 13 heteroatoms. The van der Waals surface area contributed by atoms with E-state index < -0.39 is 37.1 Å². The van der Waals surface area contributed by atoms with Crippen LogP contribution in [0.25, 0.3) is 0 Å². The molecule has 0 radical (unpaired) electrons. The molecular formula is C25H33F2N4O6P. The molecule has 3 fully saturated rings. The van der Waals surface area contributed by atoms with Crippen LogP contribution in [0.5, 0.6) is 0 Å². The quantitative estimate of drug-likeness (QED) is 0.362. The van der Waals surface area contributed by atoms with Gasteiger partial charge in [-0.2, -0.15) is 4.67 Å². The molecule has 1 aromatic rings. The third-order valence-corrected chi connectivity index (χ3v) is 9.07. The predicted octanol–water partition coefficient (Wildman–Crippen LogP) is 3.98. The van der Waals surface area contributed by atoms with Gasteiger partial charge in [-0.15, -0.1) is 13.2 Å². The number of nitrogens with zero attached hydrogens (tertiary/aromatic N) is 3. The fourth-order valence-corrected chi connectivity index (χ4v) is 7.36. The SMILES string of the molecule is C=CCC1(CC=C)CN(c2c(F)cc(N3CC(CNC(C)=O)OC3=O)cc2F)CCN1P1(=O)OCCCO1. The summed E-state index contributed by atoms with van der Waals surface area (Å²) in [6.45, 7) is 10.2. The number of halogens is 2. The smallest absolute Gasteiger partial charge is 0.414 e. The van der Waals surface area contributed by atoms with Crippen molar-refractivity contribution in [3.05, 3.63) is 49.1 Å². The molecule has 0 aromatic heterocycles. The molecule has 1 atom stereocenters. The van der Waals surface area contributed by atoms with Crippen molar-refractivity contribution in [2.75, 3.05) is 55.7 Å². The predicted molar refractivity (Wildman–Crippen MR) is 138 cm³/mol. The molecule has 1 unspecified atom stereocenters. The summed E-state index contributed by atoms with van der Waals surface area (Å²) in [4.78, 5) is 26.2. The van der Waals surface area contributed by atoms with Crippen LogP contribution in [-0.2, 0) is 23.1 Å². The zero-order chi connectivity index (χ0) is 27.5. The number of benzene rings is 1. The van der Waals surface area contributed by atoms with E-state index in [1.807, 2.05) is 0 Å². The topological polar surface area (TPSA) is 101 Å². The number of nitrogens with one attached hydrogen (secondary N) is 1. The Morgan fingerprint density at radius 1 is 1.18 bits per heavy atom. The summed E-state index contributed by atoms with van der Waals surface area (Å²) in [5.41, 5.74) is -1.13. The zero-order valence-corrected chi connectivity index (χ0v) is 22.3. The fraction of sp³-hybridized carbons (Fsp3) is 0.520. The largest absolute Gasteiger partial charge is 0.442 e. The van der Waals surface area contributed by atoms with Crippen LogP contribution in [0.3, 0.4) is 0 Å². The van der Waals surface area contributed by atoms with Gasteiger partial charge in [0, 0.05) is 38.7 Å². The third kappa shape index (κ3) is 5.63. The van der Waals surface area contributed by atoms with Crippen LogP contribution >= 0.6 is 7.75 Å². The maximum absolute atomic E-state index is 15.5. The molecule has 3 heterocycles. The molecule has 10 nitrogen and oxygen atoms in total. The maximum Gasteiger partial charge on any atom is 0.414 e. The average Bonchev–Trinajstić information content (AvgIpc) is 3.23. The monoisotopic (exact) mass is 554 g/mol. The van der Waals surface area contributed by atoms with Crippen molar-refractivity contribution in [2.45, 2.75) is 37.8 Å². The molecule has 1 aromatic carbocycles. The van der Waals surface area contributed by atoms with Gasteiger partial charge < -0.3 is 15.0 Å². The molecule has 0 bridgehead atoms. The summed E-state index contributed by atoms with van der Waals surface area (Å²) in [5.74, 6) is -1.99. The van der Waals surface area contributed by atoms with Gasteiger partial charge in [-0.05, 0) is 19.3 Å². The summed E-state index contributed by atoms with van der Waals surface area (Å²) >= 11 is 0. The van der Waals surface area contributed by atoms with E-state index in [0.717, 1.165) is 17.0 Å². The molecular weight excluding hydrogens is 521 g/mol. The molecule has 3 aliphatic rings. The van der Waals surface area contributed by atoms with Crippen molar-refractivity contribution in [1.29, 1.82) is 0 Å². The van der Waals surface area contributed by atoms with Gasteiger partial charge in [0.05, 0.1) is 37.5 Å². The number of carbonyl (C=O) groups is 2. The molecule has 1 N–H and O–H groups in total. The summed E-state index contributed by atoms with van der Waals surface area (Å²) < 4.78 is 62.8. The number of carbonyl (C=O) groups excluding carboxylic acids is 2. The van der Waals surface area contributed by atoms with E-state index in [0.29, 0.717) is 32.5 Å². The van der Waals surface area contributed by atoms with Gasteiger partial charge in [0.25, 0.3) is 0 Å². The second-order valence-corrected chi connectivity index (χ2v) is 11.5. The first kappa shape index (κ1) is 28.2. The third-order valence-electron chi connectivity index (χ3n) is 6.84. The highest BCUT2D eigenvalue weighted by atomic mass is 31.2. The highest BCUT2D eigenvalue weighted by Gasteiger charge is 2.51. The number of rotatable bonds is 9. The zero-order valence-electron chi connectivity index (χ0n) is 21.4. The van der Waals surface area contributed by atoms with Crippen molar-refractivity contribution in [3.8, 4) is 0 Å². The Morgan fingerprint density at radius 2 is 1.82 bits per heavy atom. The summed E-state index contributed by atoms with van der Waals surface area (Å²) in [5, 5.41) is 2.56. The van der Waals surface area contributed by atoms with Gasteiger partial charge in [-0.1, -0.05) is 12.2 Å². The average molecular weight is 555 g/mol. The van der Waals surface area contributed by atoms with E-state index in [4.69, 9.17) is 13.8 Å². The highest BCUT2D eigenvalue weighted by Crippen LogP contribution is 2.59. The van der Waals surface area contributed by atoms with E-state index in [9.17, 15) is 14.2 Å². The van der Waals surface area contributed by atoms with Gasteiger partial charge in [-0.25, -0.2) is 18.1 Å². The number of ether oxygens (including phenoxy) is 1. The van der Waals surface area contributed by atoms with Crippen molar-refractivity contribution < 1.29 is 36.7 Å². The molecule has 208 valence electrons. The van der Waals surface area contributed by atoms with Crippen LogP contribution < -0.4 is 15.1 Å². The highest BCUT2D eigenvalue weighted by molar-refractivity contribution is 7.51. The molecule has 3 aliphatic heterocycles. The van der Waals surface area contributed by atoms with E-state index in [2.05, 4.69) is 18.5 Å². The van der Waals surface area contributed by atoms with Crippen molar-refractivity contribution in [2.24, 2.45) is 0 Å². The van der Waals surface area contributed by atoms with Gasteiger partial charge in [-0.3, -0.25) is 18.7 Å². The van der Waals surface area contributed by atoms with Crippen LogP contribution in [0.4, 0.5) is 25.0 Å². The van der Waals surface area contributed by atoms with Crippen LogP contribution in [0.1, 0.15) is 26.2 Å². The minimum absolute atomic E-state index is 0.00889. The lowest BCUT2D eigenvalue weighted by Gasteiger charge is -2.52. The molecule has 0 spiro atoms. The number of piperazine rings is 1. The van der Waals surface area contributed by atoms with Gasteiger partial charge >= 0.3 is 13.8 Å². The summed E-state index contributed by atoms with van der Waals surface area (Å²) in [6.07, 6.45) is 3.27. The lowest BCUT2D eigenvalue weighted by Crippen LogP contribution is -2.61. The molecule has 0 aliphatic carbocycles. The number of hydrogen-bond donors (Lipinski definition) is 1. The molecule has 4 rings (SSSR count). The Morgan fingerprint density at radius 3 is 2.39 bits per heavy atom. The lowest BCUT2D eigenvalue weighted by molar-refractivity contribution is -0.119. The van der Waals surface area contributed by atoms with Crippen LogP contribution in [0.15, 0.2) is 37.4 Å². The Bertz CT molecular complexity index is 1110. The molecule has 2 amide bonds. The van der Waals surface area contributed by atoms with E-state index >= 15 is 8.78 Å². The number of cyclic esters (lactones) is 1. The molecule has 3 saturated heterocycles. The van der Waals surface area contributed by atoms with Crippen LogP contribution in [0, 0.1) is 11.6 Å². The Kier molecular flexibility index (Phi) is 8.56. The second kappa shape index (κ2) is 11.5. The first-order chi connectivity index (χ1) is 18.1. The lowest BCUT2D eigenvalue weighted by atomic mass is 9.88. The first-order valence-electron chi connectivity index (χ1n) is 12.5. The summed E-state index contributed by atoms with van der Waals surface area (Å²) in [7, 11) is -3.62. The number of anilines is 2. The van der Waals surface area contributed by atoms with Crippen LogP contribution in [-0.4, -0.2) is 74.3 Å². The first-order valence-corrected chi connectivity index (χ1v) is 14.0. The second-order valence-electron chi connectivity index (χ2n) is 9.55. The van der Waals surface area contributed by atoms with E-state index in [1.165, 1.54) is 6.92 Å². The van der Waals surface area contributed by atoms with Crippen LogP contribution in [0.2, 0.25) is 0 Å². The van der Waals surface area contributed by atoms with Crippen molar-refractivity contribution in [1.82, 2.24) is 9.99 Å². The van der Waals surface area contributed by atoms with E-state index in [1.54, 1.807) is 21.7 Å². The van der Waals surface area contributed by atoms with Gasteiger partial charge in [0.15, 0.2) is 11.6 Å². The Labute approximate surface area is 220 Å². The van der Waals surface area contributed by atoms with Crippen molar-refractivity contribution >= 4 is 31.1 Å². The maximum atomic E-state index is 15.5. The number of amides is 2. The van der Waals surface area contributed by atoms with Gasteiger partial charge in [0.1, 0.15) is 11.8 Å². The normalized spacial score (nSPS) is 23.1. The summed E-state index contributed by atoms with van der Waals surface area (Å²) in [6, 6.07) is 2.18. The standard InChI is InChI=1S/C25H33F2N4O6P/c1-4-7-25(8-5-2)17-29(9-10-31(25)38(34)35-11-6-12-36-38)23-21(26)13-19(14-22(23)27)30-16-20(37-24(30)33)15-28-18(3)32/h4-5,13-14,20H,1-2,6-12,15-17H2,3H3,(H,28,32). The number of hydrogen-bond acceptors (Lipinski definition) is 7.